The summed E-state index contributed by atoms with van der Waals surface area (Å²) in [4.78, 5) is 0. The van der Waals surface area contributed by atoms with Crippen LogP contribution in [-0.4, -0.2) is 7.05 Å². The Morgan fingerprint density at radius 1 is 1.25 bits per heavy atom. The molecule has 1 aromatic rings. The van der Waals surface area contributed by atoms with Crippen LogP contribution in [0.15, 0.2) is 54.1 Å². The van der Waals surface area contributed by atoms with Crippen LogP contribution < -0.4 is 5.32 Å². The SMILES string of the molecule is CNC(C1=CC=CCC1C)c1ccccc1. The third kappa shape index (κ3) is 2.25. The maximum absolute atomic E-state index is 3.42. The molecule has 0 aromatic heterocycles. The minimum atomic E-state index is 0.348. The van der Waals surface area contributed by atoms with E-state index in [1.807, 2.05) is 7.05 Å². The zero-order chi connectivity index (χ0) is 11.4. The third-order valence-electron chi connectivity index (χ3n) is 3.24. The van der Waals surface area contributed by atoms with Crippen molar-refractivity contribution in [2.24, 2.45) is 5.92 Å². The first-order valence-electron chi connectivity index (χ1n) is 5.91. The molecule has 0 aliphatic heterocycles. The van der Waals surface area contributed by atoms with Gasteiger partial charge in [0.2, 0.25) is 0 Å². The number of hydrogen-bond donors (Lipinski definition) is 1. The molecular formula is C15H19N. The molecular weight excluding hydrogens is 194 g/mol. The van der Waals surface area contributed by atoms with Crippen molar-refractivity contribution in [3.63, 3.8) is 0 Å². The van der Waals surface area contributed by atoms with Gasteiger partial charge < -0.3 is 5.32 Å². The number of allylic oxidation sites excluding steroid dienone is 3. The van der Waals surface area contributed by atoms with Gasteiger partial charge in [0.25, 0.3) is 0 Å². The van der Waals surface area contributed by atoms with Gasteiger partial charge in [-0.1, -0.05) is 55.5 Å². The first-order chi connectivity index (χ1) is 7.83. The minimum Gasteiger partial charge on any atom is -0.310 e. The number of hydrogen-bond acceptors (Lipinski definition) is 1. The van der Waals surface area contributed by atoms with Gasteiger partial charge in [-0.3, -0.25) is 0 Å². The van der Waals surface area contributed by atoms with E-state index in [-0.39, 0.29) is 0 Å². The number of likely N-dealkylation sites (N-methyl/N-ethyl adjacent to an activating group) is 1. The number of nitrogens with one attached hydrogen (secondary N) is 1. The largest absolute Gasteiger partial charge is 0.310 e. The lowest BCUT2D eigenvalue weighted by molar-refractivity contribution is 0.561. The molecule has 0 spiro atoms. The van der Waals surface area contributed by atoms with Gasteiger partial charge in [0.05, 0.1) is 6.04 Å². The lowest BCUT2D eigenvalue weighted by atomic mass is 9.85. The van der Waals surface area contributed by atoms with Crippen molar-refractivity contribution in [3.8, 4) is 0 Å². The maximum atomic E-state index is 3.42. The minimum absolute atomic E-state index is 0.348. The van der Waals surface area contributed by atoms with Crippen molar-refractivity contribution in [1.82, 2.24) is 5.32 Å². The van der Waals surface area contributed by atoms with Crippen LogP contribution >= 0.6 is 0 Å². The molecule has 0 fully saturated rings. The topological polar surface area (TPSA) is 12.0 Å². The van der Waals surface area contributed by atoms with Crippen LogP contribution in [0.4, 0.5) is 0 Å². The molecule has 0 bridgehead atoms. The predicted molar refractivity (Wildman–Crippen MR) is 69.2 cm³/mol. The van der Waals surface area contributed by atoms with Gasteiger partial charge in [-0.2, -0.15) is 0 Å². The van der Waals surface area contributed by atoms with Gasteiger partial charge in [-0.05, 0) is 30.5 Å². The summed E-state index contributed by atoms with van der Waals surface area (Å²) in [5.41, 5.74) is 2.83. The molecule has 1 heteroatoms. The van der Waals surface area contributed by atoms with E-state index in [4.69, 9.17) is 0 Å². The first-order valence-corrected chi connectivity index (χ1v) is 5.91. The van der Waals surface area contributed by atoms with Crippen molar-refractivity contribution in [2.45, 2.75) is 19.4 Å². The second-order valence-electron chi connectivity index (χ2n) is 4.36. The van der Waals surface area contributed by atoms with Crippen LogP contribution in [0.3, 0.4) is 0 Å². The Labute approximate surface area is 97.9 Å². The van der Waals surface area contributed by atoms with Gasteiger partial charge in [0.15, 0.2) is 0 Å². The fraction of sp³-hybridized carbons (Fsp3) is 0.333. The summed E-state index contributed by atoms with van der Waals surface area (Å²) >= 11 is 0. The second kappa shape index (κ2) is 5.13. The quantitative estimate of drug-likeness (QED) is 0.810. The van der Waals surface area contributed by atoms with E-state index in [1.165, 1.54) is 11.1 Å². The average Bonchev–Trinajstić information content (AvgIpc) is 2.34. The molecule has 2 rings (SSSR count). The van der Waals surface area contributed by atoms with Gasteiger partial charge in [0.1, 0.15) is 0 Å². The molecule has 16 heavy (non-hydrogen) atoms. The van der Waals surface area contributed by atoms with E-state index in [0.29, 0.717) is 12.0 Å². The van der Waals surface area contributed by atoms with E-state index in [0.717, 1.165) is 6.42 Å². The molecule has 1 N–H and O–H groups in total. The summed E-state index contributed by atoms with van der Waals surface area (Å²) in [6.45, 7) is 2.29. The van der Waals surface area contributed by atoms with Crippen molar-refractivity contribution >= 4 is 0 Å². The number of benzene rings is 1. The third-order valence-corrected chi connectivity index (χ3v) is 3.24. The molecule has 0 saturated carbocycles. The molecule has 2 atom stereocenters. The molecule has 1 aromatic carbocycles. The second-order valence-corrected chi connectivity index (χ2v) is 4.36. The van der Waals surface area contributed by atoms with E-state index < -0.39 is 0 Å². The fourth-order valence-electron chi connectivity index (χ4n) is 2.31. The molecule has 2 unspecified atom stereocenters. The van der Waals surface area contributed by atoms with Crippen LogP contribution in [0.1, 0.15) is 24.9 Å². The van der Waals surface area contributed by atoms with Crippen LogP contribution in [0.2, 0.25) is 0 Å². The molecule has 1 aliphatic rings. The highest BCUT2D eigenvalue weighted by molar-refractivity contribution is 5.33. The zero-order valence-electron chi connectivity index (χ0n) is 9.98. The smallest absolute Gasteiger partial charge is 0.0539 e. The predicted octanol–water partition coefficient (Wildman–Crippen LogP) is 3.47. The lowest BCUT2D eigenvalue weighted by Gasteiger charge is -2.26. The van der Waals surface area contributed by atoms with Crippen LogP contribution in [0, 0.1) is 5.92 Å². The summed E-state index contributed by atoms with van der Waals surface area (Å²) in [6.07, 6.45) is 7.81. The molecule has 0 heterocycles. The van der Waals surface area contributed by atoms with Crippen molar-refractivity contribution in [2.75, 3.05) is 7.05 Å². The van der Waals surface area contributed by atoms with Gasteiger partial charge in [-0.25, -0.2) is 0 Å². The molecule has 0 radical (unpaired) electrons. The Morgan fingerprint density at radius 3 is 2.62 bits per heavy atom. The van der Waals surface area contributed by atoms with Gasteiger partial charge >= 0.3 is 0 Å². The summed E-state index contributed by atoms with van der Waals surface area (Å²) in [7, 11) is 2.03. The molecule has 1 nitrogen and oxygen atoms in total. The monoisotopic (exact) mass is 213 g/mol. The van der Waals surface area contributed by atoms with Crippen LogP contribution in [0.5, 0.6) is 0 Å². The normalized spacial score (nSPS) is 21.6. The zero-order valence-corrected chi connectivity index (χ0v) is 9.98. The van der Waals surface area contributed by atoms with Crippen molar-refractivity contribution < 1.29 is 0 Å². The highest BCUT2D eigenvalue weighted by Gasteiger charge is 2.19. The summed E-state index contributed by atoms with van der Waals surface area (Å²) in [5, 5.41) is 3.42. The highest BCUT2D eigenvalue weighted by Crippen LogP contribution is 2.31. The Hall–Kier alpha value is -1.34. The van der Waals surface area contributed by atoms with E-state index in [1.54, 1.807) is 0 Å². The van der Waals surface area contributed by atoms with Crippen LogP contribution in [0.25, 0.3) is 0 Å². The summed E-state index contributed by atoms with van der Waals surface area (Å²) < 4.78 is 0. The first kappa shape index (κ1) is 11.2. The highest BCUT2D eigenvalue weighted by atomic mass is 14.9. The standard InChI is InChI=1S/C15H19N/c1-12-8-6-7-11-14(12)15(16-2)13-9-4-3-5-10-13/h3-7,9-12,15-16H,8H2,1-2H3. The van der Waals surface area contributed by atoms with Crippen LogP contribution in [-0.2, 0) is 0 Å². The maximum Gasteiger partial charge on any atom is 0.0539 e. The van der Waals surface area contributed by atoms with E-state index in [9.17, 15) is 0 Å². The molecule has 0 amide bonds. The Bertz CT molecular complexity index is 389. The van der Waals surface area contributed by atoms with Gasteiger partial charge in [0, 0.05) is 0 Å². The fourth-order valence-corrected chi connectivity index (χ4v) is 2.31. The van der Waals surface area contributed by atoms with E-state index >= 15 is 0 Å². The average molecular weight is 213 g/mol. The Morgan fingerprint density at radius 2 is 2.00 bits per heavy atom. The summed E-state index contributed by atoms with van der Waals surface area (Å²) in [6, 6.07) is 11.0. The Balaban J connectivity index is 2.29. The lowest BCUT2D eigenvalue weighted by Crippen LogP contribution is -2.22. The number of rotatable bonds is 3. The van der Waals surface area contributed by atoms with Crippen molar-refractivity contribution in [1.29, 1.82) is 0 Å². The molecule has 0 saturated heterocycles. The van der Waals surface area contributed by atoms with Crippen molar-refractivity contribution in [3.05, 3.63) is 59.7 Å². The summed E-state index contributed by atoms with van der Waals surface area (Å²) in [5.74, 6) is 0.627. The molecule has 84 valence electrons. The van der Waals surface area contributed by atoms with E-state index in [2.05, 4.69) is 60.8 Å². The molecule has 1 aliphatic carbocycles. The Kier molecular flexibility index (Phi) is 3.58. The van der Waals surface area contributed by atoms with Gasteiger partial charge in [-0.15, -0.1) is 0 Å².